The van der Waals surface area contributed by atoms with Crippen LogP contribution in [0, 0.1) is 6.92 Å². The van der Waals surface area contributed by atoms with E-state index in [4.69, 9.17) is 11.6 Å². The topological polar surface area (TPSA) is 45.4 Å². The van der Waals surface area contributed by atoms with Crippen LogP contribution < -0.4 is 0 Å². The summed E-state index contributed by atoms with van der Waals surface area (Å²) in [7, 11) is 0. The third-order valence-corrected chi connectivity index (χ3v) is 4.66. The number of halogens is 1. The van der Waals surface area contributed by atoms with Gasteiger partial charge in [-0.25, -0.2) is 0 Å². The SMILES string of the molecule is Cc1cc(Cl)ccc1-n1c(O)c2c(c1O)C1C=CC2C1. The van der Waals surface area contributed by atoms with Crippen LogP contribution in [-0.2, 0) is 0 Å². The highest BCUT2D eigenvalue weighted by Crippen LogP contribution is 2.57. The number of fused-ring (bicyclic) bond motifs is 5. The highest BCUT2D eigenvalue weighted by Gasteiger charge is 2.41. The van der Waals surface area contributed by atoms with Crippen molar-refractivity contribution in [3.8, 4) is 17.4 Å². The minimum atomic E-state index is 0.153. The van der Waals surface area contributed by atoms with Crippen LogP contribution in [0.25, 0.3) is 5.69 Å². The van der Waals surface area contributed by atoms with Gasteiger partial charge in [0, 0.05) is 28.0 Å². The van der Waals surface area contributed by atoms with E-state index in [2.05, 4.69) is 12.2 Å². The summed E-state index contributed by atoms with van der Waals surface area (Å²) in [6.45, 7) is 1.91. The number of hydrogen-bond donors (Lipinski definition) is 2. The zero-order valence-electron chi connectivity index (χ0n) is 11.0. The molecule has 2 N–H and O–H groups in total. The number of aryl methyl sites for hydroxylation is 1. The van der Waals surface area contributed by atoms with Crippen molar-refractivity contribution in [1.82, 2.24) is 4.57 Å². The Morgan fingerprint density at radius 2 is 1.70 bits per heavy atom. The Labute approximate surface area is 121 Å². The normalized spacial score (nSPS) is 22.5. The quantitative estimate of drug-likeness (QED) is 0.779. The van der Waals surface area contributed by atoms with Crippen molar-refractivity contribution in [3.05, 3.63) is 52.1 Å². The van der Waals surface area contributed by atoms with Crippen molar-refractivity contribution in [1.29, 1.82) is 0 Å². The molecule has 0 amide bonds. The van der Waals surface area contributed by atoms with E-state index in [9.17, 15) is 10.2 Å². The fraction of sp³-hybridized carbons (Fsp3) is 0.250. The van der Waals surface area contributed by atoms with Crippen molar-refractivity contribution in [3.63, 3.8) is 0 Å². The van der Waals surface area contributed by atoms with Gasteiger partial charge in [-0.3, -0.25) is 4.57 Å². The average Bonchev–Trinajstić information content (AvgIpc) is 3.06. The van der Waals surface area contributed by atoms with Crippen LogP contribution >= 0.6 is 11.6 Å². The van der Waals surface area contributed by atoms with Crippen molar-refractivity contribution in [2.24, 2.45) is 0 Å². The lowest BCUT2D eigenvalue weighted by molar-refractivity contribution is 0.395. The van der Waals surface area contributed by atoms with Gasteiger partial charge in [0.25, 0.3) is 0 Å². The first-order valence-electron chi connectivity index (χ1n) is 6.69. The molecular weight excluding hydrogens is 274 g/mol. The number of aromatic hydroxyl groups is 2. The van der Waals surface area contributed by atoms with Crippen LogP contribution in [0.3, 0.4) is 0 Å². The van der Waals surface area contributed by atoms with E-state index < -0.39 is 0 Å². The zero-order chi connectivity index (χ0) is 14.0. The minimum Gasteiger partial charge on any atom is -0.494 e. The molecule has 2 bridgehead atoms. The summed E-state index contributed by atoms with van der Waals surface area (Å²) in [5, 5.41) is 21.7. The number of hydrogen-bond acceptors (Lipinski definition) is 2. The van der Waals surface area contributed by atoms with Crippen LogP contribution in [-0.4, -0.2) is 14.8 Å². The molecule has 0 radical (unpaired) electrons. The second-order valence-corrected chi connectivity index (χ2v) is 6.01. The second-order valence-electron chi connectivity index (χ2n) is 5.57. The molecule has 1 aromatic heterocycles. The van der Waals surface area contributed by atoms with Gasteiger partial charge in [0.1, 0.15) is 0 Å². The maximum Gasteiger partial charge on any atom is 0.202 e. The third-order valence-electron chi connectivity index (χ3n) is 4.42. The number of benzene rings is 1. The lowest BCUT2D eigenvalue weighted by atomic mass is 10.0. The molecule has 0 saturated heterocycles. The molecule has 102 valence electrons. The van der Waals surface area contributed by atoms with E-state index in [0.717, 1.165) is 28.8 Å². The number of nitrogens with zero attached hydrogens (tertiary/aromatic N) is 1. The maximum atomic E-state index is 10.5. The van der Waals surface area contributed by atoms with E-state index in [1.807, 2.05) is 19.1 Å². The number of allylic oxidation sites excluding steroid dienone is 2. The van der Waals surface area contributed by atoms with Crippen molar-refractivity contribution < 1.29 is 10.2 Å². The molecule has 0 spiro atoms. The molecule has 2 atom stereocenters. The van der Waals surface area contributed by atoms with E-state index in [0.29, 0.717) is 5.02 Å². The Kier molecular flexibility index (Phi) is 2.28. The summed E-state index contributed by atoms with van der Waals surface area (Å²) < 4.78 is 1.53. The van der Waals surface area contributed by atoms with E-state index in [1.54, 1.807) is 6.07 Å². The van der Waals surface area contributed by atoms with Crippen LogP contribution in [0.15, 0.2) is 30.4 Å². The highest BCUT2D eigenvalue weighted by atomic mass is 35.5. The Morgan fingerprint density at radius 1 is 1.10 bits per heavy atom. The predicted molar refractivity (Wildman–Crippen MR) is 78.1 cm³/mol. The monoisotopic (exact) mass is 287 g/mol. The summed E-state index contributed by atoms with van der Waals surface area (Å²) in [6, 6.07) is 5.41. The van der Waals surface area contributed by atoms with Gasteiger partial charge in [-0.05, 0) is 37.1 Å². The smallest absolute Gasteiger partial charge is 0.202 e. The molecule has 20 heavy (non-hydrogen) atoms. The lowest BCUT2D eigenvalue weighted by Crippen LogP contribution is -1.98. The van der Waals surface area contributed by atoms with E-state index in [-0.39, 0.29) is 23.6 Å². The molecule has 0 saturated carbocycles. The van der Waals surface area contributed by atoms with Crippen LogP contribution in [0.2, 0.25) is 5.02 Å². The Bertz CT molecular complexity index is 725. The molecule has 0 fully saturated rings. The molecule has 2 aromatic rings. The number of aromatic nitrogens is 1. The van der Waals surface area contributed by atoms with E-state index >= 15 is 0 Å². The third kappa shape index (κ3) is 1.36. The molecule has 2 aliphatic rings. The summed E-state index contributed by atoms with van der Waals surface area (Å²) in [5.74, 6) is 0.768. The van der Waals surface area contributed by atoms with E-state index in [1.165, 1.54) is 4.57 Å². The molecule has 1 heterocycles. The van der Waals surface area contributed by atoms with Crippen LogP contribution in [0.1, 0.15) is 34.9 Å². The minimum absolute atomic E-state index is 0.153. The van der Waals surface area contributed by atoms with Gasteiger partial charge >= 0.3 is 0 Å². The average molecular weight is 288 g/mol. The van der Waals surface area contributed by atoms with Crippen molar-refractivity contribution in [2.75, 3.05) is 0 Å². The largest absolute Gasteiger partial charge is 0.494 e. The Balaban J connectivity index is 1.97. The first-order valence-corrected chi connectivity index (χ1v) is 7.07. The standard InChI is InChI=1S/C16H14ClNO2/c1-8-6-11(17)4-5-12(8)18-15(19)13-9-2-3-10(7-9)14(13)16(18)20/h2-6,9-10,19-20H,7H2,1H3. The van der Waals surface area contributed by atoms with Gasteiger partial charge in [0.2, 0.25) is 11.8 Å². The van der Waals surface area contributed by atoms with Gasteiger partial charge in [0.05, 0.1) is 5.69 Å². The molecule has 3 nitrogen and oxygen atoms in total. The summed E-state index contributed by atoms with van der Waals surface area (Å²) in [4.78, 5) is 0. The molecule has 2 aliphatic carbocycles. The van der Waals surface area contributed by atoms with Crippen molar-refractivity contribution >= 4 is 11.6 Å². The van der Waals surface area contributed by atoms with Gasteiger partial charge in [-0.15, -0.1) is 0 Å². The molecule has 4 rings (SSSR count). The number of rotatable bonds is 1. The van der Waals surface area contributed by atoms with Gasteiger partial charge in [0.15, 0.2) is 0 Å². The molecule has 1 aromatic carbocycles. The molecule has 2 unspecified atom stereocenters. The van der Waals surface area contributed by atoms with Gasteiger partial charge in [-0.1, -0.05) is 23.8 Å². The fourth-order valence-electron chi connectivity index (χ4n) is 3.54. The van der Waals surface area contributed by atoms with Crippen LogP contribution in [0.5, 0.6) is 11.8 Å². The fourth-order valence-corrected chi connectivity index (χ4v) is 3.76. The summed E-state index contributed by atoms with van der Waals surface area (Å²) >= 11 is 5.97. The summed E-state index contributed by atoms with van der Waals surface area (Å²) in [6.07, 6.45) is 5.20. The maximum absolute atomic E-state index is 10.5. The first kappa shape index (κ1) is 11.9. The Morgan fingerprint density at radius 3 is 2.25 bits per heavy atom. The Hall–Kier alpha value is -1.87. The predicted octanol–water partition coefficient (Wildman–Crippen LogP) is 3.99. The first-order chi connectivity index (χ1) is 9.58. The second kappa shape index (κ2) is 3.83. The van der Waals surface area contributed by atoms with Gasteiger partial charge in [-0.2, -0.15) is 0 Å². The van der Waals surface area contributed by atoms with Crippen LogP contribution in [0.4, 0.5) is 0 Å². The van der Waals surface area contributed by atoms with Gasteiger partial charge < -0.3 is 10.2 Å². The lowest BCUT2D eigenvalue weighted by Gasteiger charge is -2.12. The van der Waals surface area contributed by atoms with Crippen molar-refractivity contribution in [2.45, 2.75) is 25.2 Å². The summed E-state index contributed by atoms with van der Waals surface area (Å²) in [5.41, 5.74) is 3.43. The molecular formula is C16H14ClNO2. The molecule has 4 heteroatoms. The highest BCUT2D eigenvalue weighted by molar-refractivity contribution is 6.30. The molecule has 0 aliphatic heterocycles. The zero-order valence-corrected chi connectivity index (χ0v) is 11.7.